The van der Waals surface area contributed by atoms with Crippen LogP contribution in [0.15, 0.2) is 53.5 Å². The van der Waals surface area contributed by atoms with Crippen molar-refractivity contribution in [2.45, 2.75) is 50.7 Å². The highest BCUT2D eigenvalue weighted by Gasteiger charge is 2.47. The lowest BCUT2D eigenvalue weighted by atomic mass is 9.89. The van der Waals surface area contributed by atoms with Crippen molar-refractivity contribution in [3.63, 3.8) is 0 Å². The van der Waals surface area contributed by atoms with Crippen LogP contribution >= 0.6 is 0 Å². The van der Waals surface area contributed by atoms with Gasteiger partial charge in [0.2, 0.25) is 10.0 Å². The molecule has 0 radical (unpaired) electrons. The number of alkyl halides is 3. The van der Waals surface area contributed by atoms with Gasteiger partial charge in [0.1, 0.15) is 17.1 Å². The van der Waals surface area contributed by atoms with E-state index in [9.17, 15) is 31.2 Å². The Morgan fingerprint density at radius 3 is 2.47 bits per heavy atom. The van der Waals surface area contributed by atoms with Crippen LogP contribution in [0.1, 0.15) is 58.3 Å². The molecule has 0 aromatic heterocycles. The van der Waals surface area contributed by atoms with Crippen LogP contribution in [0.2, 0.25) is 0 Å². The predicted octanol–water partition coefficient (Wildman–Crippen LogP) is 4.11. The molecule has 7 rings (SSSR count). The highest BCUT2D eigenvalue weighted by atomic mass is 32.2. The highest BCUT2D eigenvalue weighted by Crippen LogP contribution is 2.36. The Bertz CT molecular complexity index is 1670. The summed E-state index contributed by atoms with van der Waals surface area (Å²) < 4.78 is 80.6. The normalized spacial score (nSPS) is 25.3. The molecule has 254 valence electrons. The molecule has 1 fully saturated rings. The van der Waals surface area contributed by atoms with Crippen molar-refractivity contribution in [2.75, 3.05) is 52.3 Å². The smallest absolute Gasteiger partial charge is 0.416 e. The first kappa shape index (κ1) is 34.6. The molecule has 5 aliphatic heterocycles. The molecule has 1 N–H and O–H groups in total. The quantitative estimate of drug-likeness (QED) is 0.420. The number of likely N-dealkylation sites (N-methyl/N-ethyl adjacent to an activating group) is 1. The fourth-order valence-corrected chi connectivity index (χ4v) is 7.31. The van der Waals surface area contributed by atoms with Crippen molar-refractivity contribution in [3.05, 3.63) is 76.4 Å². The Hall–Kier alpha value is -3.75. The van der Waals surface area contributed by atoms with Gasteiger partial charge in [-0.25, -0.2) is 12.7 Å². The van der Waals surface area contributed by atoms with E-state index in [1.807, 2.05) is 19.1 Å². The van der Waals surface area contributed by atoms with Gasteiger partial charge in [-0.15, -0.1) is 0 Å². The minimum absolute atomic E-state index is 0.00180. The first-order chi connectivity index (χ1) is 22.3. The van der Waals surface area contributed by atoms with Gasteiger partial charge in [0.05, 0.1) is 31.1 Å². The van der Waals surface area contributed by atoms with Crippen LogP contribution in [0.4, 0.5) is 13.2 Å². The standard InChI is InChI=1S/C33H39F3N4O6S/c1-23-19-25-8-7-24(23)9-18-47(43,44)40-12-10-32(11-13-40)31(42)37-29(38-32)26-20-27(33(34,35)36)22-28(21-26)46-16-6-4-3-5-15-45-17-14-39(2)30(25)41/h3,5,7-8,19-22H,4,6,9-18H2,1-2H3,(H,37,38,42)/b5-3-. The summed E-state index contributed by atoms with van der Waals surface area (Å²) in [5.74, 6) is -0.802. The van der Waals surface area contributed by atoms with Crippen molar-refractivity contribution in [1.82, 2.24) is 14.5 Å². The van der Waals surface area contributed by atoms with Gasteiger partial charge < -0.3 is 19.7 Å². The van der Waals surface area contributed by atoms with E-state index in [4.69, 9.17) is 9.47 Å². The second-order valence-electron chi connectivity index (χ2n) is 12.1. The van der Waals surface area contributed by atoms with Crippen molar-refractivity contribution in [3.8, 4) is 5.75 Å². The van der Waals surface area contributed by atoms with Crippen LogP contribution in [-0.2, 0) is 32.2 Å². The minimum atomic E-state index is -4.65. The topological polar surface area (TPSA) is 118 Å². The van der Waals surface area contributed by atoms with Gasteiger partial charge in [0.15, 0.2) is 0 Å². The number of halogens is 3. The monoisotopic (exact) mass is 676 g/mol. The zero-order valence-corrected chi connectivity index (χ0v) is 27.3. The number of ether oxygens (including phenoxy) is 2. The number of carbonyl (C=O) groups is 2. The van der Waals surface area contributed by atoms with Gasteiger partial charge in [-0.05, 0) is 80.5 Å². The largest absolute Gasteiger partial charge is 0.494 e. The highest BCUT2D eigenvalue weighted by molar-refractivity contribution is 7.89. The Morgan fingerprint density at radius 2 is 1.74 bits per heavy atom. The number of amides is 2. The summed E-state index contributed by atoms with van der Waals surface area (Å²) in [6, 6.07) is 8.49. The molecular formula is C33H39F3N4O6S. The molecular weight excluding hydrogens is 637 g/mol. The summed E-state index contributed by atoms with van der Waals surface area (Å²) in [7, 11) is -2.01. The lowest BCUT2D eigenvalue weighted by Gasteiger charge is -2.34. The average molecular weight is 677 g/mol. The summed E-state index contributed by atoms with van der Waals surface area (Å²) in [5, 5.41) is 2.64. The lowest BCUT2D eigenvalue weighted by Crippen LogP contribution is -2.50. The molecule has 2 aromatic rings. The summed E-state index contributed by atoms with van der Waals surface area (Å²) in [5.41, 5.74) is -0.0328. The minimum Gasteiger partial charge on any atom is -0.494 e. The number of aliphatic imine (C=N–C) groups is 1. The number of amidine groups is 1. The fourth-order valence-electron chi connectivity index (χ4n) is 5.84. The number of sulfonamides is 1. The zero-order chi connectivity index (χ0) is 33.8. The van der Waals surface area contributed by atoms with E-state index in [1.165, 1.54) is 10.4 Å². The zero-order valence-electron chi connectivity index (χ0n) is 26.4. The molecule has 2 aromatic carbocycles. The van der Waals surface area contributed by atoms with E-state index >= 15 is 0 Å². The number of hydrogen-bond donors (Lipinski definition) is 1. The van der Waals surface area contributed by atoms with Crippen molar-refractivity contribution in [1.29, 1.82) is 0 Å². The number of allylic oxidation sites excluding steroid dienone is 1. The third-order valence-electron chi connectivity index (χ3n) is 8.73. The van der Waals surface area contributed by atoms with Crippen LogP contribution < -0.4 is 10.1 Å². The summed E-state index contributed by atoms with van der Waals surface area (Å²) >= 11 is 0. The second kappa shape index (κ2) is 14.2. The maximum atomic E-state index is 13.8. The average Bonchev–Trinajstić information content (AvgIpc) is 3.34. The van der Waals surface area contributed by atoms with Gasteiger partial charge in [-0.2, -0.15) is 13.2 Å². The van der Waals surface area contributed by atoms with Crippen molar-refractivity contribution in [2.24, 2.45) is 4.99 Å². The Labute approximate surface area is 272 Å². The number of piperidine rings is 1. The van der Waals surface area contributed by atoms with Crippen molar-refractivity contribution >= 4 is 27.7 Å². The Kier molecular flexibility index (Phi) is 10.4. The Morgan fingerprint density at radius 1 is 0.979 bits per heavy atom. The molecule has 0 aliphatic carbocycles. The fraction of sp³-hybridized carbons (Fsp3) is 0.485. The predicted molar refractivity (Wildman–Crippen MR) is 170 cm³/mol. The maximum Gasteiger partial charge on any atom is 0.416 e. The lowest BCUT2D eigenvalue weighted by molar-refractivity contribution is -0.137. The number of rotatable bonds is 0. The molecule has 47 heavy (non-hydrogen) atoms. The molecule has 0 saturated carbocycles. The van der Waals surface area contributed by atoms with E-state index in [0.29, 0.717) is 38.2 Å². The van der Waals surface area contributed by atoms with Crippen LogP contribution in [0, 0.1) is 6.92 Å². The van der Waals surface area contributed by atoms with E-state index in [-0.39, 0.29) is 67.8 Å². The van der Waals surface area contributed by atoms with Crippen LogP contribution in [0.5, 0.6) is 5.75 Å². The SMILES string of the molecule is Cc1cc2ccc1CCS(=O)(=O)N1CCC3(CC1)N=C(NC3=O)c1cc(cc(C(F)(F)F)c1)OCCC/C=C\COCCN(C)C2=O. The molecule has 0 atom stereocenters. The van der Waals surface area contributed by atoms with Crippen LogP contribution in [0.25, 0.3) is 0 Å². The molecule has 2 amide bonds. The number of nitrogens with zero attached hydrogens (tertiary/aromatic N) is 3. The van der Waals surface area contributed by atoms with E-state index in [1.54, 1.807) is 30.1 Å². The van der Waals surface area contributed by atoms with E-state index < -0.39 is 33.2 Å². The molecule has 1 saturated heterocycles. The van der Waals surface area contributed by atoms with Crippen LogP contribution in [0.3, 0.4) is 0 Å². The second-order valence-corrected chi connectivity index (χ2v) is 14.1. The number of nitrogens with one attached hydrogen (secondary N) is 1. The van der Waals surface area contributed by atoms with Crippen LogP contribution in [-0.4, -0.2) is 93.1 Å². The molecule has 10 nitrogen and oxygen atoms in total. The van der Waals surface area contributed by atoms with Gasteiger partial charge in [0, 0.05) is 37.8 Å². The van der Waals surface area contributed by atoms with E-state index in [0.717, 1.165) is 23.3 Å². The number of benzene rings is 2. The summed E-state index contributed by atoms with van der Waals surface area (Å²) in [4.78, 5) is 32.2. The third-order valence-corrected chi connectivity index (χ3v) is 10.6. The van der Waals surface area contributed by atoms with Gasteiger partial charge in [-0.3, -0.25) is 14.6 Å². The molecule has 1 spiro atoms. The Balaban J connectivity index is 1.38. The maximum absolute atomic E-state index is 13.8. The van der Waals surface area contributed by atoms with Gasteiger partial charge in [0.25, 0.3) is 11.8 Å². The first-order valence-electron chi connectivity index (χ1n) is 15.6. The molecule has 7 bridgehead atoms. The summed E-state index contributed by atoms with van der Waals surface area (Å²) in [6.07, 6.45) is 0.648. The number of carbonyl (C=O) groups excluding carboxylic acids is 2. The molecule has 5 aliphatic rings. The van der Waals surface area contributed by atoms with Gasteiger partial charge >= 0.3 is 6.18 Å². The van der Waals surface area contributed by atoms with E-state index in [2.05, 4.69) is 10.3 Å². The summed E-state index contributed by atoms with van der Waals surface area (Å²) in [6.45, 7) is 3.12. The number of fused-ring (bicyclic) bond motifs is 2. The molecule has 14 heteroatoms. The number of hydrogen-bond acceptors (Lipinski definition) is 7. The van der Waals surface area contributed by atoms with Gasteiger partial charge in [-0.1, -0.05) is 18.2 Å². The molecule has 5 heterocycles. The number of aryl methyl sites for hydroxylation is 2. The first-order valence-corrected chi connectivity index (χ1v) is 17.2. The van der Waals surface area contributed by atoms with Crippen molar-refractivity contribution < 1.29 is 40.7 Å². The third kappa shape index (κ3) is 8.22. The molecule has 0 unspecified atom stereocenters.